The van der Waals surface area contributed by atoms with E-state index in [0.29, 0.717) is 0 Å². The first-order chi connectivity index (χ1) is 20.5. The third kappa shape index (κ3) is 8.50. The van der Waals surface area contributed by atoms with E-state index in [0.717, 1.165) is 10.9 Å². The highest BCUT2D eigenvalue weighted by molar-refractivity contribution is 7.63. The van der Waals surface area contributed by atoms with Crippen LogP contribution in [0.1, 0.15) is 33.9 Å². The van der Waals surface area contributed by atoms with Crippen molar-refractivity contribution in [1.29, 1.82) is 0 Å². The summed E-state index contributed by atoms with van der Waals surface area (Å²) in [6.07, 6.45) is -5.81. The summed E-state index contributed by atoms with van der Waals surface area (Å²) in [5.74, 6) is -0.941. The highest BCUT2D eigenvalue weighted by Crippen LogP contribution is 2.60. The molecule has 1 aliphatic rings. The highest BCUT2D eigenvalue weighted by atomic mass is 35.5. The van der Waals surface area contributed by atoms with Gasteiger partial charge in [0.05, 0.1) is 19.5 Å². The molecule has 44 heavy (non-hydrogen) atoms. The molecule has 0 aliphatic carbocycles. The fourth-order valence-electron chi connectivity index (χ4n) is 3.88. The molecule has 7 atom stereocenters. The van der Waals surface area contributed by atoms with Crippen LogP contribution in [0.5, 0.6) is 5.75 Å². The van der Waals surface area contributed by atoms with E-state index in [1.54, 1.807) is 6.07 Å². The Morgan fingerprint density at radius 3 is 2.61 bits per heavy atom. The van der Waals surface area contributed by atoms with Crippen LogP contribution in [0.2, 0.25) is 5.28 Å². The number of carbonyl (C=O) groups excluding carboxylic acids is 1. The molecule has 0 amide bonds. The van der Waals surface area contributed by atoms with Crippen molar-refractivity contribution in [2.24, 2.45) is 5.41 Å². The maximum absolute atomic E-state index is 15.1. The molecule has 1 aliphatic heterocycles. The number of halogens is 2. The second-order valence-electron chi connectivity index (χ2n) is 11.0. The van der Waals surface area contributed by atoms with Gasteiger partial charge in [0.15, 0.2) is 23.9 Å². The van der Waals surface area contributed by atoms with Crippen LogP contribution in [-0.2, 0) is 32.2 Å². The number of imidazole rings is 1. The maximum atomic E-state index is 15.1. The zero-order chi connectivity index (χ0) is 32.4. The van der Waals surface area contributed by atoms with E-state index in [2.05, 4.69) is 20.0 Å². The van der Waals surface area contributed by atoms with Crippen molar-refractivity contribution in [3.05, 3.63) is 41.9 Å². The molecule has 3 aromatic rings. The molecule has 3 unspecified atom stereocenters. The molecule has 0 bridgehead atoms. The molecule has 20 heteroatoms. The molecule has 0 radical (unpaired) electrons. The predicted octanol–water partition coefficient (Wildman–Crippen LogP) is 3.55. The second-order valence-corrected chi connectivity index (χ2v) is 14.6. The van der Waals surface area contributed by atoms with E-state index in [9.17, 15) is 23.9 Å². The largest absolute Gasteiger partial charge is 0.481 e. The van der Waals surface area contributed by atoms with Crippen LogP contribution in [0.4, 0.5) is 10.2 Å². The third-order valence-corrected chi connectivity index (χ3v) is 9.41. The molecular weight excluding hydrogens is 649 g/mol. The number of ether oxygens (including phenoxy) is 2. The van der Waals surface area contributed by atoms with Gasteiger partial charge < -0.3 is 29.7 Å². The number of para-hydroxylation sites is 1. The zero-order valence-corrected chi connectivity index (χ0v) is 26.5. The Labute approximate surface area is 256 Å². The quantitative estimate of drug-likeness (QED) is 0.122. The number of hydrogen-bond acceptors (Lipinski definition) is 13. The van der Waals surface area contributed by atoms with E-state index in [-0.39, 0.29) is 40.0 Å². The fourth-order valence-corrected chi connectivity index (χ4v) is 7.01. The molecule has 1 fully saturated rings. The van der Waals surface area contributed by atoms with Crippen LogP contribution < -0.4 is 15.3 Å². The minimum Gasteiger partial charge on any atom is -0.464 e. The van der Waals surface area contributed by atoms with Gasteiger partial charge in [-0.25, -0.2) is 18.5 Å². The number of nitrogens with two attached hydrogens (primary N) is 1. The van der Waals surface area contributed by atoms with Gasteiger partial charge in [0, 0.05) is 0 Å². The summed E-state index contributed by atoms with van der Waals surface area (Å²) in [5.41, 5.74) is 5.53. The lowest BCUT2D eigenvalue weighted by molar-refractivity contribution is -0.148. The van der Waals surface area contributed by atoms with Crippen LogP contribution in [0, 0.1) is 5.41 Å². The molecule has 1 aromatic carbocycles. The van der Waals surface area contributed by atoms with Gasteiger partial charge in [-0.1, -0.05) is 39.0 Å². The van der Waals surface area contributed by atoms with Crippen molar-refractivity contribution in [3.63, 3.8) is 0 Å². The van der Waals surface area contributed by atoms with Crippen molar-refractivity contribution >= 4 is 50.1 Å². The monoisotopic (exact) mass is 680 g/mol. The summed E-state index contributed by atoms with van der Waals surface area (Å²) in [7, 11) is -10.1. The van der Waals surface area contributed by atoms with Crippen molar-refractivity contribution in [3.8, 4) is 5.75 Å². The Balaban J connectivity index is 1.46. The van der Waals surface area contributed by atoms with Gasteiger partial charge in [0.2, 0.25) is 5.28 Å². The topological polar surface area (TPSA) is 219 Å². The maximum Gasteiger partial charge on any atom is 0.481 e. The summed E-state index contributed by atoms with van der Waals surface area (Å²) in [6.45, 7) is 5.92. The molecule has 16 nitrogen and oxygen atoms in total. The number of alkyl halides is 1. The molecule has 0 spiro atoms. The fraction of sp³-hybridized carbons (Fsp3) is 0.500. The standard InChI is InChI=1S/C24H32ClFN6O10P2/c1-13(22(34)38-11-24(2,3)4)31-43(35,41-14-8-6-5-7-9-14)42-44(36,37)39-10-15-18(33)16(26)21(40-15)32-12-28-17-19(27)29-23(25)30-20(17)32/h5-9,12-13,15-16,18,21,33H,10-11H2,1-4H3,(H,31,35)(H,36,37)(H2,27,29,30)/t13-,15+,16+,18?,21+,43?/m0/s1. The van der Waals surface area contributed by atoms with Gasteiger partial charge in [-0.3, -0.25) is 13.9 Å². The second kappa shape index (κ2) is 13.3. The number of anilines is 1. The number of fused-ring (bicyclic) bond motifs is 1. The lowest BCUT2D eigenvalue weighted by Crippen LogP contribution is -2.36. The van der Waals surface area contributed by atoms with Crippen molar-refractivity contribution in [2.75, 3.05) is 18.9 Å². The summed E-state index contributed by atoms with van der Waals surface area (Å²) in [6, 6.07) is 6.17. The molecule has 1 saturated heterocycles. The Hall–Kier alpha value is -2.72. The number of nitrogens with one attached hydrogen (secondary N) is 1. The van der Waals surface area contributed by atoms with E-state index < -0.39 is 58.8 Å². The predicted molar refractivity (Wildman–Crippen MR) is 154 cm³/mol. The minimum atomic E-state index is -5.30. The van der Waals surface area contributed by atoms with Gasteiger partial charge in [-0.2, -0.15) is 19.4 Å². The van der Waals surface area contributed by atoms with Crippen LogP contribution in [0.3, 0.4) is 0 Å². The van der Waals surface area contributed by atoms with E-state index >= 15 is 4.39 Å². The third-order valence-electron chi connectivity index (χ3n) is 5.92. The SMILES string of the molecule is C[C@H](NP(=O)(Oc1ccccc1)OP(=O)(O)OC[C@H]1O[C@@H](n2cnc3c(N)nc(Cl)nc32)[C@H](F)C1O)C(=O)OCC(C)(C)C. The number of nitrogen functional groups attached to an aromatic ring is 1. The van der Waals surface area contributed by atoms with E-state index in [1.165, 1.54) is 31.2 Å². The Bertz CT molecular complexity index is 1580. The van der Waals surface area contributed by atoms with Crippen molar-refractivity contribution < 1.29 is 51.1 Å². The highest BCUT2D eigenvalue weighted by Gasteiger charge is 2.48. The lowest BCUT2D eigenvalue weighted by atomic mass is 9.99. The number of phosphoric acid groups is 1. The summed E-state index contributed by atoms with van der Waals surface area (Å²) in [4.78, 5) is 34.7. The number of rotatable bonds is 12. The minimum absolute atomic E-state index is 0.0142. The van der Waals surface area contributed by atoms with E-state index in [1.807, 2.05) is 20.8 Å². The number of aromatic nitrogens is 4. The molecule has 3 heterocycles. The number of nitrogens with zero attached hydrogens (tertiary/aromatic N) is 4. The average Bonchev–Trinajstić information content (AvgIpc) is 3.46. The Morgan fingerprint density at radius 2 is 1.95 bits per heavy atom. The summed E-state index contributed by atoms with van der Waals surface area (Å²) in [5, 5.41) is 12.5. The van der Waals surface area contributed by atoms with Crippen LogP contribution in [0.15, 0.2) is 36.7 Å². The van der Waals surface area contributed by atoms with Crippen LogP contribution in [-0.4, -0.2) is 73.1 Å². The van der Waals surface area contributed by atoms with E-state index in [4.69, 9.17) is 40.2 Å². The van der Waals surface area contributed by atoms with Crippen molar-refractivity contribution in [1.82, 2.24) is 24.6 Å². The van der Waals surface area contributed by atoms with Crippen molar-refractivity contribution in [2.45, 2.75) is 58.3 Å². The Kier molecular flexibility index (Phi) is 10.3. The average molecular weight is 681 g/mol. The van der Waals surface area contributed by atoms with Gasteiger partial charge in [0.25, 0.3) is 0 Å². The smallest absolute Gasteiger partial charge is 0.464 e. The molecule has 242 valence electrons. The first kappa shape index (κ1) is 34.2. The van der Waals surface area contributed by atoms with Gasteiger partial charge in [-0.15, -0.1) is 0 Å². The summed E-state index contributed by atoms with van der Waals surface area (Å²) < 4.78 is 68.8. The van der Waals surface area contributed by atoms with Crippen LogP contribution >= 0.6 is 27.2 Å². The normalized spacial score (nSPS) is 24.0. The number of benzene rings is 1. The van der Waals surface area contributed by atoms with Crippen LogP contribution in [0.25, 0.3) is 11.2 Å². The van der Waals surface area contributed by atoms with Gasteiger partial charge in [-0.05, 0) is 36.1 Å². The molecule has 5 N–H and O–H groups in total. The molecule has 2 aromatic heterocycles. The first-order valence-electron chi connectivity index (χ1n) is 13.1. The number of carbonyl (C=O) groups is 1. The number of aliphatic hydroxyl groups excluding tert-OH is 1. The molecule has 0 saturated carbocycles. The molecule has 4 rings (SSSR count). The zero-order valence-electron chi connectivity index (χ0n) is 23.9. The first-order valence-corrected chi connectivity index (χ1v) is 16.5. The molecular formula is C24H32ClFN6O10P2. The number of hydrogen-bond donors (Lipinski definition) is 4. The lowest BCUT2D eigenvalue weighted by Gasteiger charge is -2.25. The summed E-state index contributed by atoms with van der Waals surface area (Å²) >= 11 is 5.86. The van der Waals surface area contributed by atoms with Gasteiger partial charge >= 0.3 is 21.5 Å². The Morgan fingerprint density at radius 1 is 1.27 bits per heavy atom. The number of aliphatic hydroxyl groups is 1. The number of phosphoric ester groups is 1. The number of esters is 1. The van der Waals surface area contributed by atoms with Gasteiger partial charge in [0.1, 0.15) is 29.5 Å².